The van der Waals surface area contributed by atoms with Gasteiger partial charge in [-0.1, -0.05) is 92.5 Å². The minimum Gasteiger partial charge on any atom is -0.465 e. The molecule has 0 bridgehead atoms. The second-order valence-electron chi connectivity index (χ2n) is 14.1. The Labute approximate surface area is 254 Å². The van der Waals surface area contributed by atoms with E-state index in [1.165, 1.54) is 59.3 Å². The van der Waals surface area contributed by atoms with Crippen molar-refractivity contribution < 1.29 is 4.42 Å². The van der Waals surface area contributed by atoms with Crippen LogP contribution in [0, 0.1) is 24.7 Å². The zero-order valence-electron chi connectivity index (χ0n) is 26.5. The summed E-state index contributed by atoms with van der Waals surface area (Å²) in [5.41, 5.74) is 10.4. The zero-order valence-corrected chi connectivity index (χ0v) is 26.5. The molecule has 1 aliphatic heterocycles. The SMILES string of the molecule is CC1=CC(C2=CCCC=C2)=C(N2C3CCCCC3N(C)C2c2c(C)oc3c2C=C(C(C)C)CC3)C(C2C=CC=CC2)C1. The molecule has 42 heavy (non-hydrogen) atoms. The van der Waals surface area contributed by atoms with Gasteiger partial charge in [-0.15, -0.1) is 0 Å². The molecular formula is C39H50N2O. The Kier molecular flexibility index (Phi) is 7.59. The minimum absolute atomic E-state index is 0.198. The van der Waals surface area contributed by atoms with Crippen LogP contribution in [0.3, 0.4) is 0 Å². The average Bonchev–Trinajstić information content (AvgIpc) is 3.49. The predicted octanol–water partition coefficient (Wildman–Crippen LogP) is 9.76. The van der Waals surface area contributed by atoms with Crippen LogP contribution in [0.2, 0.25) is 0 Å². The van der Waals surface area contributed by atoms with Crippen molar-refractivity contribution in [3.8, 4) is 0 Å². The van der Waals surface area contributed by atoms with Crippen LogP contribution >= 0.6 is 0 Å². The van der Waals surface area contributed by atoms with Crippen molar-refractivity contribution in [1.82, 2.24) is 9.80 Å². The minimum atomic E-state index is 0.198. The smallest absolute Gasteiger partial charge is 0.112 e. The van der Waals surface area contributed by atoms with Gasteiger partial charge in [-0.2, -0.15) is 0 Å². The summed E-state index contributed by atoms with van der Waals surface area (Å²) in [6.07, 6.45) is 33.9. The van der Waals surface area contributed by atoms with E-state index in [2.05, 4.69) is 99.2 Å². The quantitative estimate of drug-likeness (QED) is 0.356. The van der Waals surface area contributed by atoms with Crippen molar-refractivity contribution in [2.45, 2.75) is 110 Å². The molecule has 2 fully saturated rings. The Bertz CT molecular complexity index is 1440. The topological polar surface area (TPSA) is 19.6 Å². The fourth-order valence-corrected chi connectivity index (χ4v) is 9.02. The summed E-state index contributed by atoms with van der Waals surface area (Å²) in [4.78, 5) is 5.73. The lowest BCUT2D eigenvalue weighted by Gasteiger charge is -2.44. The number of fused-ring (bicyclic) bond motifs is 2. The summed E-state index contributed by atoms with van der Waals surface area (Å²) >= 11 is 0. The molecule has 0 spiro atoms. The Morgan fingerprint density at radius 3 is 2.52 bits per heavy atom. The fraction of sp³-hybridized carbons (Fsp3) is 0.538. The van der Waals surface area contributed by atoms with Crippen LogP contribution in [0.5, 0.6) is 0 Å². The molecule has 0 amide bonds. The van der Waals surface area contributed by atoms with Crippen molar-refractivity contribution >= 4 is 6.08 Å². The molecule has 3 heteroatoms. The lowest BCUT2D eigenvalue weighted by atomic mass is 9.74. The second kappa shape index (κ2) is 11.4. The largest absolute Gasteiger partial charge is 0.465 e. The van der Waals surface area contributed by atoms with Gasteiger partial charge >= 0.3 is 0 Å². The van der Waals surface area contributed by atoms with Crippen LogP contribution in [-0.4, -0.2) is 28.9 Å². The van der Waals surface area contributed by atoms with Gasteiger partial charge in [0, 0.05) is 46.8 Å². The molecule has 3 nitrogen and oxygen atoms in total. The molecule has 1 aromatic rings. The van der Waals surface area contributed by atoms with Gasteiger partial charge in [-0.25, -0.2) is 0 Å². The van der Waals surface area contributed by atoms with E-state index in [0.717, 1.165) is 44.3 Å². The molecule has 1 saturated carbocycles. The van der Waals surface area contributed by atoms with Crippen LogP contribution in [0.15, 0.2) is 81.0 Å². The number of aryl methyl sites for hydroxylation is 2. The molecule has 5 atom stereocenters. The Hall–Kier alpha value is -2.78. The van der Waals surface area contributed by atoms with E-state index in [0.29, 0.717) is 29.8 Å². The third-order valence-electron chi connectivity index (χ3n) is 11.1. The van der Waals surface area contributed by atoms with Gasteiger partial charge in [-0.05, 0) is 83.2 Å². The van der Waals surface area contributed by atoms with Gasteiger partial charge in [0.2, 0.25) is 0 Å². The lowest BCUT2D eigenvalue weighted by Crippen LogP contribution is -2.42. The number of hydrogen-bond donors (Lipinski definition) is 0. The molecule has 5 aliphatic carbocycles. The maximum absolute atomic E-state index is 6.65. The Balaban J connectivity index is 1.45. The molecule has 0 N–H and O–H groups in total. The van der Waals surface area contributed by atoms with Crippen molar-refractivity contribution in [2.75, 3.05) is 7.05 Å². The molecule has 1 aromatic heterocycles. The number of nitrogens with zero attached hydrogens (tertiary/aromatic N) is 2. The second-order valence-corrected chi connectivity index (χ2v) is 14.1. The summed E-state index contributed by atoms with van der Waals surface area (Å²) in [5.74, 6) is 3.90. The van der Waals surface area contributed by atoms with Gasteiger partial charge < -0.3 is 9.32 Å². The number of hydrogen-bond acceptors (Lipinski definition) is 3. The summed E-state index contributed by atoms with van der Waals surface area (Å²) in [7, 11) is 2.42. The highest BCUT2D eigenvalue weighted by atomic mass is 16.3. The first kappa shape index (κ1) is 28.0. The highest BCUT2D eigenvalue weighted by Gasteiger charge is 2.51. The van der Waals surface area contributed by atoms with Crippen LogP contribution in [0.4, 0.5) is 0 Å². The van der Waals surface area contributed by atoms with E-state index in [4.69, 9.17) is 4.42 Å². The monoisotopic (exact) mass is 562 g/mol. The average molecular weight is 563 g/mol. The molecule has 0 radical (unpaired) electrons. The van der Waals surface area contributed by atoms with E-state index in [-0.39, 0.29) is 6.17 Å². The highest BCUT2D eigenvalue weighted by molar-refractivity contribution is 5.64. The molecule has 6 aliphatic rings. The Morgan fingerprint density at radius 2 is 1.79 bits per heavy atom. The number of allylic oxidation sites excluding steroid dienone is 13. The summed E-state index contributed by atoms with van der Waals surface area (Å²) in [5, 5.41) is 0. The molecule has 5 unspecified atom stereocenters. The molecule has 0 aromatic carbocycles. The van der Waals surface area contributed by atoms with Gasteiger partial charge in [0.25, 0.3) is 0 Å². The first-order chi connectivity index (χ1) is 20.4. The standard InChI is InChI=1S/C39H50N2O/c1-25(2)30-20-21-36-33(24-30)37(27(4)42-36)39-40(5)34-18-12-13-19-35(34)41(39)38-31(28-14-8-6-9-15-28)22-26(3)23-32(38)29-16-10-7-11-17-29/h6,8-10,14,16-17,23-25,28,31,34-35,39H,7,11-13,15,18-22H2,1-5H3. The van der Waals surface area contributed by atoms with Gasteiger partial charge in [0.15, 0.2) is 0 Å². The third kappa shape index (κ3) is 4.77. The summed E-state index contributed by atoms with van der Waals surface area (Å²) in [6, 6.07) is 1.11. The van der Waals surface area contributed by atoms with E-state index < -0.39 is 0 Å². The third-order valence-corrected chi connectivity index (χ3v) is 11.1. The van der Waals surface area contributed by atoms with E-state index in [1.807, 2.05) is 0 Å². The fourth-order valence-electron chi connectivity index (χ4n) is 9.02. The van der Waals surface area contributed by atoms with E-state index in [9.17, 15) is 0 Å². The molecular weight excluding hydrogens is 512 g/mol. The molecule has 222 valence electrons. The normalized spacial score (nSPS) is 31.3. The first-order valence-electron chi connectivity index (χ1n) is 16.9. The summed E-state index contributed by atoms with van der Waals surface area (Å²) in [6.45, 7) is 9.30. The van der Waals surface area contributed by atoms with Crippen molar-refractivity contribution in [1.29, 1.82) is 0 Å². The molecule has 2 heterocycles. The van der Waals surface area contributed by atoms with Crippen molar-refractivity contribution in [2.24, 2.45) is 17.8 Å². The Morgan fingerprint density at radius 1 is 0.952 bits per heavy atom. The number of likely N-dealkylation sites (N-methyl/N-ethyl adjacent to an activating group) is 1. The van der Waals surface area contributed by atoms with Crippen LogP contribution in [-0.2, 0) is 6.42 Å². The summed E-state index contributed by atoms with van der Waals surface area (Å²) < 4.78 is 6.65. The number of rotatable bonds is 5. The van der Waals surface area contributed by atoms with E-state index in [1.54, 1.807) is 11.3 Å². The van der Waals surface area contributed by atoms with Crippen LogP contribution in [0.1, 0.15) is 107 Å². The first-order valence-corrected chi connectivity index (χ1v) is 16.9. The van der Waals surface area contributed by atoms with Gasteiger partial charge in [0.05, 0.1) is 0 Å². The van der Waals surface area contributed by atoms with Gasteiger partial charge in [-0.3, -0.25) is 4.90 Å². The lowest BCUT2D eigenvalue weighted by molar-refractivity contribution is 0.145. The van der Waals surface area contributed by atoms with Crippen LogP contribution < -0.4 is 0 Å². The maximum atomic E-state index is 6.65. The van der Waals surface area contributed by atoms with Crippen LogP contribution in [0.25, 0.3) is 6.08 Å². The van der Waals surface area contributed by atoms with E-state index >= 15 is 0 Å². The highest BCUT2D eigenvalue weighted by Crippen LogP contribution is 2.53. The number of furan rings is 1. The molecule has 1 saturated heterocycles. The van der Waals surface area contributed by atoms with Crippen molar-refractivity contribution in [3.63, 3.8) is 0 Å². The zero-order chi connectivity index (χ0) is 29.0. The van der Waals surface area contributed by atoms with Crippen molar-refractivity contribution in [3.05, 3.63) is 99.2 Å². The molecule has 7 rings (SSSR count). The van der Waals surface area contributed by atoms with Gasteiger partial charge in [0.1, 0.15) is 17.7 Å². The maximum Gasteiger partial charge on any atom is 0.112 e. The predicted molar refractivity (Wildman–Crippen MR) is 175 cm³/mol.